The average molecular weight is 344 g/mol. The van der Waals surface area contributed by atoms with E-state index in [1.807, 2.05) is 0 Å². The number of hydrogen-bond acceptors (Lipinski definition) is 2. The van der Waals surface area contributed by atoms with Crippen molar-refractivity contribution in [2.75, 3.05) is 7.05 Å². The van der Waals surface area contributed by atoms with Crippen molar-refractivity contribution in [3.05, 3.63) is 64.7 Å². The summed E-state index contributed by atoms with van der Waals surface area (Å²) in [6, 6.07) is 10.7. The standard InChI is InChI=1S/C16H13ClF3NO2/c1-21-15(22)14(10-5-7-12(17)8-6-10)23-13-4-2-3-11(9-13)16(18,19)20/h2-9,14H,1H3,(H,21,22). The number of likely N-dealkylation sites (N-methyl/N-ethyl adjacent to an activating group) is 1. The smallest absolute Gasteiger partial charge is 0.416 e. The van der Waals surface area contributed by atoms with E-state index in [1.165, 1.54) is 19.2 Å². The van der Waals surface area contributed by atoms with Crippen LogP contribution < -0.4 is 10.1 Å². The second kappa shape index (κ2) is 6.91. The van der Waals surface area contributed by atoms with Gasteiger partial charge in [-0.1, -0.05) is 29.8 Å². The van der Waals surface area contributed by atoms with Crippen LogP contribution in [0.3, 0.4) is 0 Å². The Morgan fingerprint density at radius 2 is 1.83 bits per heavy atom. The third-order valence-corrected chi connectivity index (χ3v) is 3.32. The Balaban J connectivity index is 2.32. The predicted molar refractivity (Wildman–Crippen MR) is 80.3 cm³/mol. The monoisotopic (exact) mass is 343 g/mol. The Labute approximate surface area is 136 Å². The molecule has 0 saturated heterocycles. The van der Waals surface area contributed by atoms with Gasteiger partial charge in [0.1, 0.15) is 5.75 Å². The number of alkyl halides is 3. The fraction of sp³-hybridized carbons (Fsp3) is 0.188. The van der Waals surface area contributed by atoms with Crippen LogP contribution in [-0.4, -0.2) is 13.0 Å². The molecule has 0 radical (unpaired) electrons. The molecule has 7 heteroatoms. The SMILES string of the molecule is CNC(=O)C(Oc1cccc(C(F)(F)F)c1)c1ccc(Cl)cc1. The van der Waals surface area contributed by atoms with Gasteiger partial charge in [0.2, 0.25) is 6.10 Å². The molecule has 1 N–H and O–H groups in total. The molecule has 0 heterocycles. The number of amides is 1. The summed E-state index contributed by atoms with van der Waals surface area (Å²) < 4.78 is 43.7. The molecule has 2 aromatic rings. The summed E-state index contributed by atoms with van der Waals surface area (Å²) in [6.45, 7) is 0. The second-order valence-corrected chi connectivity index (χ2v) is 5.13. The first-order chi connectivity index (χ1) is 10.8. The zero-order valence-electron chi connectivity index (χ0n) is 12.0. The van der Waals surface area contributed by atoms with Gasteiger partial charge in [0.25, 0.3) is 5.91 Å². The fourth-order valence-corrected chi connectivity index (χ4v) is 2.05. The fourth-order valence-electron chi connectivity index (χ4n) is 1.92. The minimum atomic E-state index is -4.48. The summed E-state index contributed by atoms with van der Waals surface area (Å²) in [5, 5.41) is 2.90. The Kier molecular flexibility index (Phi) is 5.15. The van der Waals surface area contributed by atoms with E-state index in [2.05, 4.69) is 5.32 Å². The third-order valence-electron chi connectivity index (χ3n) is 3.07. The van der Waals surface area contributed by atoms with Crippen molar-refractivity contribution in [1.82, 2.24) is 5.32 Å². The van der Waals surface area contributed by atoms with Gasteiger partial charge in [-0.3, -0.25) is 4.79 Å². The Morgan fingerprint density at radius 3 is 2.39 bits per heavy atom. The van der Waals surface area contributed by atoms with Crippen molar-refractivity contribution in [3.63, 3.8) is 0 Å². The highest BCUT2D eigenvalue weighted by Crippen LogP contribution is 2.32. The Hall–Kier alpha value is -2.21. The van der Waals surface area contributed by atoms with Crippen LogP contribution in [-0.2, 0) is 11.0 Å². The summed E-state index contributed by atoms with van der Waals surface area (Å²) in [6.07, 6.45) is -5.57. The number of hydrogen-bond donors (Lipinski definition) is 1. The number of rotatable bonds is 4. The van der Waals surface area contributed by atoms with E-state index < -0.39 is 23.8 Å². The average Bonchev–Trinajstić information content (AvgIpc) is 2.52. The van der Waals surface area contributed by atoms with E-state index in [1.54, 1.807) is 24.3 Å². The van der Waals surface area contributed by atoms with Crippen LogP contribution in [0.15, 0.2) is 48.5 Å². The lowest BCUT2D eigenvalue weighted by molar-refractivity contribution is -0.137. The molecule has 0 aliphatic rings. The number of carbonyl (C=O) groups excluding carboxylic acids is 1. The molecule has 1 atom stereocenters. The van der Waals surface area contributed by atoms with Crippen molar-refractivity contribution in [2.24, 2.45) is 0 Å². The lowest BCUT2D eigenvalue weighted by atomic mass is 10.1. The zero-order chi connectivity index (χ0) is 17.0. The zero-order valence-corrected chi connectivity index (χ0v) is 12.8. The van der Waals surface area contributed by atoms with Crippen molar-refractivity contribution in [2.45, 2.75) is 12.3 Å². The number of nitrogens with one attached hydrogen (secondary N) is 1. The molecule has 1 amide bonds. The van der Waals surface area contributed by atoms with Crippen molar-refractivity contribution in [3.8, 4) is 5.75 Å². The molecule has 3 nitrogen and oxygen atoms in total. The molecule has 0 fully saturated rings. The maximum atomic E-state index is 12.7. The highest BCUT2D eigenvalue weighted by atomic mass is 35.5. The van der Waals surface area contributed by atoms with Gasteiger partial charge in [0.15, 0.2) is 0 Å². The highest BCUT2D eigenvalue weighted by Gasteiger charge is 2.31. The number of ether oxygens (including phenoxy) is 1. The van der Waals surface area contributed by atoms with E-state index >= 15 is 0 Å². The molecule has 0 spiro atoms. The summed E-state index contributed by atoms with van der Waals surface area (Å²) in [5.74, 6) is -0.534. The summed E-state index contributed by atoms with van der Waals surface area (Å²) >= 11 is 5.79. The molecule has 1 unspecified atom stereocenters. The first-order valence-electron chi connectivity index (χ1n) is 6.62. The molecule has 23 heavy (non-hydrogen) atoms. The van der Waals surface area contributed by atoms with E-state index in [9.17, 15) is 18.0 Å². The van der Waals surface area contributed by atoms with Gasteiger partial charge in [-0.15, -0.1) is 0 Å². The molecule has 0 bridgehead atoms. The molecule has 0 saturated carbocycles. The molecular formula is C16H13ClF3NO2. The lowest BCUT2D eigenvalue weighted by Crippen LogP contribution is -2.29. The summed E-state index contributed by atoms with van der Waals surface area (Å²) in [7, 11) is 1.42. The normalized spacial score (nSPS) is 12.6. The van der Waals surface area contributed by atoms with Crippen LogP contribution in [0.4, 0.5) is 13.2 Å². The number of benzene rings is 2. The van der Waals surface area contributed by atoms with Crippen LogP contribution in [0.5, 0.6) is 5.75 Å². The summed E-state index contributed by atoms with van der Waals surface area (Å²) in [5.41, 5.74) is -0.368. The van der Waals surface area contributed by atoms with E-state index in [-0.39, 0.29) is 5.75 Å². The van der Waals surface area contributed by atoms with Crippen LogP contribution in [0.2, 0.25) is 5.02 Å². The first kappa shape index (κ1) is 17.1. The van der Waals surface area contributed by atoms with E-state index in [4.69, 9.17) is 16.3 Å². The van der Waals surface area contributed by atoms with Crippen molar-refractivity contribution >= 4 is 17.5 Å². The number of halogens is 4. The molecule has 122 valence electrons. The van der Waals surface area contributed by atoms with Gasteiger partial charge < -0.3 is 10.1 Å². The van der Waals surface area contributed by atoms with E-state index in [0.717, 1.165) is 12.1 Å². The Bertz CT molecular complexity index is 686. The van der Waals surface area contributed by atoms with Gasteiger partial charge in [-0.25, -0.2) is 0 Å². The maximum absolute atomic E-state index is 12.7. The molecule has 2 aromatic carbocycles. The van der Waals surface area contributed by atoms with Crippen LogP contribution in [0.25, 0.3) is 0 Å². The van der Waals surface area contributed by atoms with Crippen molar-refractivity contribution < 1.29 is 22.7 Å². The molecular weight excluding hydrogens is 331 g/mol. The second-order valence-electron chi connectivity index (χ2n) is 4.69. The minimum absolute atomic E-state index is 0.0524. The van der Waals surface area contributed by atoms with Crippen LogP contribution in [0.1, 0.15) is 17.2 Å². The molecule has 0 aliphatic heterocycles. The topological polar surface area (TPSA) is 38.3 Å². The molecule has 2 rings (SSSR count). The van der Waals surface area contributed by atoms with Crippen LogP contribution in [0, 0.1) is 0 Å². The predicted octanol–water partition coefficient (Wildman–Crippen LogP) is 4.22. The largest absolute Gasteiger partial charge is 0.476 e. The third kappa shape index (κ3) is 4.39. The first-order valence-corrected chi connectivity index (χ1v) is 7.00. The number of carbonyl (C=O) groups is 1. The van der Waals surface area contributed by atoms with Crippen LogP contribution >= 0.6 is 11.6 Å². The maximum Gasteiger partial charge on any atom is 0.416 e. The molecule has 0 aliphatic carbocycles. The Morgan fingerprint density at radius 1 is 1.17 bits per heavy atom. The lowest BCUT2D eigenvalue weighted by Gasteiger charge is -2.19. The van der Waals surface area contributed by atoms with Gasteiger partial charge >= 0.3 is 6.18 Å². The van der Waals surface area contributed by atoms with Gasteiger partial charge in [-0.2, -0.15) is 13.2 Å². The van der Waals surface area contributed by atoms with Crippen molar-refractivity contribution in [1.29, 1.82) is 0 Å². The highest BCUT2D eigenvalue weighted by molar-refractivity contribution is 6.30. The molecule has 0 aromatic heterocycles. The minimum Gasteiger partial charge on any atom is -0.476 e. The van der Waals surface area contributed by atoms with E-state index in [0.29, 0.717) is 10.6 Å². The van der Waals surface area contributed by atoms with Gasteiger partial charge in [0.05, 0.1) is 5.56 Å². The summed E-state index contributed by atoms with van der Waals surface area (Å²) in [4.78, 5) is 12.0. The quantitative estimate of drug-likeness (QED) is 0.902. The van der Waals surface area contributed by atoms with Gasteiger partial charge in [-0.05, 0) is 30.3 Å². The van der Waals surface area contributed by atoms with Gasteiger partial charge in [0, 0.05) is 17.6 Å².